The summed E-state index contributed by atoms with van der Waals surface area (Å²) in [6.45, 7) is 0.718. The SMILES string of the molecule is O=c1sc2cccc3c2n1CC=C3. The van der Waals surface area contributed by atoms with Gasteiger partial charge in [-0.2, -0.15) is 0 Å². The molecule has 0 saturated heterocycles. The summed E-state index contributed by atoms with van der Waals surface area (Å²) in [5.41, 5.74) is 2.25. The molecule has 0 fully saturated rings. The lowest BCUT2D eigenvalue weighted by atomic mass is 10.1. The van der Waals surface area contributed by atoms with Gasteiger partial charge >= 0.3 is 4.87 Å². The minimum absolute atomic E-state index is 0.145. The first-order valence-corrected chi connectivity index (χ1v) is 4.97. The second-order valence-corrected chi connectivity index (χ2v) is 4.07. The molecule has 0 bridgehead atoms. The van der Waals surface area contributed by atoms with Crippen LogP contribution in [0.1, 0.15) is 5.56 Å². The molecule has 1 aliphatic rings. The Balaban J connectivity index is 2.64. The minimum atomic E-state index is 0.145. The van der Waals surface area contributed by atoms with E-state index < -0.39 is 0 Å². The quantitative estimate of drug-likeness (QED) is 0.622. The minimum Gasteiger partial charge on any atom is -0.294 e. The smallest absolute Gasteiger partial charge is 0.294 e. The normalized spacial score (nSPS) is 13.8. The number of hydrogen-bond donors (Lipinski definition) is 0. The molecule has 2 heterocycles. The molecular weight excluding hydrogens is 182 g/mol. The fourth-order valence-corrected chi connectivity index (χ4v) is 2.67. The lowest BCUT2D eigenvalue weighted by Gasteiger charge is -2.07. The van der Waals surface area contributed by atoms with E-state index in [9.17, 15) is 4.79 Å². The van der Waals surface area contributed by atoms with Crippen molar-refractivity contribution >= 4 is 27.6 Å². The molecule has 13 heavy (non-hydrogen) atoms. The standard InChI is InChI=1S/C10H7NOS/c12-10-11-6-2-4-7-3-1-5-8(13-10)9(7)11/h1-5H,6H2. The first-order chi connectivity index (χ1) is 6.36. The zero-order chi connectivity index (χ0) is 8.84. The van der Waals surface area contributed by atoms with Gasteiger partial charge in [-0.05, 0) is 11.6 Å². The van der Waals surface area contributed by atoms with E-state index in [-0.39, 0.29) is 4.87 Å². The van der Waals surface area contributed by atoms with Crippen LogP contribution in [-0.2, 0) is 6.54 Å². The van der Waals surface area contributed by atoms with E-state index >= 15 is 0 Å². The third-order valence-corrected chi connectivity index (χ3v) is 3.25. The van der Waals surface area contributed by atoms with Crippen LogP contribution in [0.5, 0.6) is 0 Å². The first-order valence-electron chi connectivity index (χ1n) is 4.15. The number of para-hydroxylation sites is 1. The van der Waals surface area contributed by atoms with Crippen LogP contribution in [0.15, 0.2) is 29.1 Å². The molecule has 0 saturated carbocycles. The molecule has 0 amide bonds. The van der Waals surface area contributed by atoms with Crippen LogP contribution in [0.3, 0.4) is 0 Å². The summed E-state index contributed by atoms with van der Waals surface area (Å²) in [5.74, 6) is 0. The lowest BCUT2D eigenvalue weighted by molar-refractivity contribution is 0.835. The average Bonchev–Trinajstić information content (AvgIpc) is 2.47. The van der Waals surface area contributed by atoms with Gasteiger partial charge in [-0.25, -0.2) is 0 Å². The highest BCUT2D eigenvalue weighted by Gasteiger charge is 2.11. The molecule has 1 aliphatic heterocycles. The Morgan fingerprint density at radius 1 is 1.38 bits per heavy atom. The van der Waals surface area contributed by atoms with Crippen molar-refractivity contribution < 1.29 is 0 Å². The monoisotopic (exact) mass is 189 g/mol. The van der Waals surface area contributed by atoms with E-state index in [2.05, 4.69) is 6.08 Å². The fourth-order valence-electron chi connectivity index (χ4n) is 1.74. The van der Waals surface area contributed by atoms with Crippen molar-refractivity contribution in [3.8, 4) is 0 Å². The van der Waals surface area contributed by atoms with Gasteiger partial charge in [0.1, 0.15) is 0 Å². The molecule has 0 spiro atoms. The molecule has 0 aliphatic carbocycles. The van der Waals surface area contributed by atoms with Crippen molar-refractivity contribution in [1.29, 1.82) is 0 Å². The average molecular weight is 189 g/mol. The van der Waals surface area contributed by atoms with E-state index in [1.54, 1.807) is 0 Å². The summed E-state index contributed by atoms with van der Waals surface area (Å²) in [4.78, 5) is 11.6. The summed E-state index contributed by atoms with van der Waals surface area (Å²) in [5, 5.41) is 0. The third-order valence-electron chi connectivity index (χ3n) is 2.30. The number of benzene rings is 1. The van der Waals surface area contributed by atoms with E-state index in [0.717, 1.165) is 22.3 Å². The molecule has 1 aromatic carbocycles. The van der Waals surface area contributed by atoms with Crippen LogP contribution in [0.4, 0.5) is 0 Å². The number of aromatic nitrogens is 1. The van der Waals surface area contributed by atoms with Crippen molar-refractivity contribution in [2.24, 2.45) is 0 Å². The van der Waals surface area contributed by atoms with Crippen LogP contribution >= 0.6 is 11.3 Å². The predicted molar refractivity (Wildman–Crippen MR) is 55.1 cm³/mol. The molecule has 0 N–H and O–H groups in total. The lowest BCUT2D eigenvalue weighted by Crippen LogP contribution is -2.13. The molecule has 0 unspecified atom stereocenters. The predicted octanol–water partition coefficient (Wildman–Crippen LogP) is 2.09. The Bertz CT molecular complexity index is 562. The van der Waals surface area contributed by atoms with E-state index in [0.29, 0.717) is 0 Å². The van der Waals surface area contributed by atoms with Gasteiger partial charge in [-0.3, -0.25) is 9.36 Å². The van der Waals surface area contributed by atoms with Gasteiger partial charge in [0, 0.05) is 6.54 Å². The highest BCUT2D eigenvalue weighted by molar-refractivity contribution is 7.16. The number of hydrogen-bond acceptors (Lipinski definition) is 2. The van der Waals surface area contributed by atoms with Crippen molar-refractivity contribution in [2.45, 2.75) is 6.54 Å². The van der Waals surface area contributed by atoms with Gasteiger partial charge in [-0.1, -0.05) is 35.6 Å². The Labute approximate surface area is 78.7 Å². The van der Waals surface area contributed by atoms with E-state index in [4.69, 9.17) is 0 Å². The van der Waals surface area contributed by atoms with E-state index in [1.165, 1.54) is 11.3 Å². The van der Waals surface area contributed by atoms with Gasteiger partial charge in [0.2, 0.25) is 0 Å². The summed E-state index contributed by atoms with van der Waals surface area (Å²) in [6.07, 6.45) is 4.10. The number of allylic oxidation sites excluding steroid dienone is 1. The molecule has 64 valence electrons. The highest BCUT2D eigenvalue weighted by atomic mass is 32.1. The second-order valence-electron chi connectivity index (χ2n) is 3.07. The number of thiazole rings is 1. The second kappa shape index (κ2) is 2.33. The van der Waals surface area contributed by atoms with Crippen LogP contribution in [0.2, 0.25) is 0 Å². The number of nitrogens with zero attached hydrogens (tertiary/aromatic N) is 1. The largest absolute Gasteiger partial charge is 0.308 e. The highest BCUT2D eigenvalue weighted by Crippen LogP contribution is 2.24. The third kappa shape index (κ3) is 0.848. The van der Waals surface area contributed by atoms with Crippen molar-refractivity contribution in [2.75, 3.05) is 0 Å². The number of rotatable bonds is 0. The molecule has 2 aromatic rings. The Kier molecular flexibility index (Phi) is 1.27. The molecule has 3 rings (SSSR count). The molecule has 1 aromatic heterocycles. The van der Waals surface area contributed by atoms with Gasteiger partial charge in [0.05, 0.1) is 10.2 Å². The Morgan fingerprint density at radius 3 is 3.23 bits per heavy atom. The summed E-state index contributed by atoms with van der Waals surface area (Å²) < 4.78 is 2.92. The maximum absolute atomic E-state index is 11.5. The van der Waals surface area contributed by atoms with Gasteiger partial charge in [-0.15, -0.1) is 0 Å². The van der Waals surface area contributed by atoms with Crippen molar-refractivity contribution in [1.82, 2.24) is 4.57 Å². The molecule has 0 atom stereocenters. The molecule has 3 heteroatoms. The van der Waals surface area contributed by atoms with Crippen molar-refractivity contribution in [3.05, 3.63) is 39.5 Å². The van der Waals surface area contributed by atoms with E-state index in [1.807, 2.05) is 28.8 Å². The Hall–Kier alpha value is -1.35. The summed E-state index contributed by atoms with van der Waals surface area (Å²) >= 11 is 1.32. The summed E-state index contributed by atoms with van der Waals surface area (Å²) in [6, 6.07) is 6.04. The molecule has 0 radical (unpaired) electrons. The van der Waals surface area contributed by atoms with Crippen LogP contribution in [0.25, 0.3) is 16.3 Å². The topological polar surface area (TPSA) is 22.0 Å². The summed E-state index contributed by atoms with van der Waals surface area (Å²) in [7, 11) is 0. The zero-order valence-corrected chi connectivity index (χ0v) is 7.67. The zero-order valence-electron chi connectivity index (χ0n) is 6.86. The first kappa shape index (κ1) is 7.09. The fraction of sp³-hybridized carbons (Fsp3) is 0.100. The van der Waals surface area contributed by atoms with Gasteiger partial charge in [0.15, 0.2) is 0 Å². The van der Waals surface area contributed by atoms with Crippen LogP contribution in [0, 0.1) is 0 Å². The van der Waals surface area contributed by atoms with Gasteiger partial charge in [0.25, 0.3) is 0 Å². The Morgan fingerprint density at radius 2 is 2.31 bits per heavy atom. The molecular formula is C10H7NOS. The van der Waals surface area contributed by atoms with Gasteiger partial charge < -0.3 is 0 Å². The van der Waals surface area contributed by atoms with Crippen molar-refractivity contribution in [3.63, 3.8) is 0 Å². The van der Waals surface area contributed by atoms with Crippen LogP contribution in [-0.4, -0.2) is 4.57 Å². The van der Waals surface area contributed by atoms with Crippen LogP contribution < -0.4 is 4.87 Å². The maximum atomic E-state index is 11.5. The maximum Gasteiger partial charge on any atom is 0.308 e. The molecule has 2 nitrogen and oxygen atoms in total.